The van der Waals surface area contributed by atoms with E-state index in [1.807, 2.05) is 12.1 Å². The fourth-order valence-corrected chi connectivity index (χ4v) is 5.87. The Morgan fingerprint density at radius 2 is 1.03 bits per heavy atom. The molecule has 0 unspecified atom stereocenters. The van der Waals surface area contributed by atoms with Gasteiger partial charge in [0, 0.05) is 21.9 Å². The first-order valence-electron chi connectivity index (χ1n) is 13.3. The lowest BCUT2D eigenvalue weighted by Gasteiger charge is -2.23. The summed E-state index contributed by atoms with van der Waals surface area (Å²) < 4.78 is 12.4. The van der Waals surface area contributed by atoms with Crippen molar-refractivity contribution in [1.82, 2.24) is 0 Å². The Bertz CT molecular complexity index is 1990. The third-order valence-electron chi connectivity index (χ3n) is 7.83. The summed E-state index contributed by atoms with van der Waals surface area (Å²) in [7, 11) is 0. The molecule has 0 bridgehead atoms. The van der Waals surface area contributed by atoms with Crippen molar-refractivity contribution in [3.63, 3.8) is 0 Å². The van der Waals surface area contributed by atoms with Gasteiger partial charge in [-0.25, -0.2) is 0 Å². The van der Waals surface area contributed by atoms with Crippen molar-refractivity contribution >= 4 is 21.9 Å². The van der Waals surface area contributed by atoms with Crippen LogP contribution in [0.4, 0.5) is 0 Å². The van der Waals surface area contributed by atoms with Gasteiger partial charge in [-0.3, -0.25) is 0 Å². The second kappa shape index (κ2) is 8.75. The minimum absolute atomic E-state index is 0.617. The smallest absolute Gasteiger partial charge is 0.143 e. The number of rotatable bonds is 3. The molecule has 0 atom stereocenters. The van der Waals surface area contributed by atoms with Gasteiger partial charge >= 0.3 is 0 Å². The Hall–Kier alpha value is -5.08. The molecule has 0 spiro atoms. The zero-order valence-corrected chi connectivity index (χ0v) is 21.2. The highest BCUT2D eigenvalue weighted by Gasteiger charge is 2.20. The van der Waals surface area contributed by atoms with Gasteiger partial charge in [-0.1, -0.05) is 121 Å². The Kier molecular flexibility index (Phi) is 4.92. The average Bonchev–Trinajstić information content (AvgIpc) is 3.40. The Balaban J connectivity index is 1.14. The Labute approximate surface area is 226 Å². The van der Waals surface area contributed by atoms with E-state index in [2.05, 4.69) is 121 Å². The average molecular weight is 501 g/mol. The monoisotopic (exact) mass is 500 g/mol. The van der Waals surface area contributed by atoms with Crippen molar-refractivity contribution in [1.29, 1.82) is 0 Å². The van der Waals surface area contributed by atoms with Crippen LogP contribution in [0.3, 0.4) is 0 Å². The highest BCUT2D eigenvalue weighted by atomic mass is 16.5. The third kappa shape index (κ3) is 3.57. The molecule has 0 fully saturated rings. The molecule has 1 aliphatic heterocycles. The zero-order chi connectivity index (χ0) is 25.8. The molecule has 0 saturated heterocycles. The van der Waals surface area contributed by atoms with E-state index in [1.54, 1.807) is 0 Å². The van der Waals surface area contributed by atoms with Gasteiger partial charge < -0.3 is 9.15 Å². The molecule has 1 aromatic heterocycles. The lowest BCUT2D eigenvalue weighted by Crippen LogP contribution is -2.06. The molecular formula is C37H24O2. The van der Waals surface area contributed by atoms with Crippen LogP contribution >= 0.6 is 0 Å². The molecule has 0 saturated carbocycles. The fraction of sp³-hybridized carbons (Fsp3) is 0.0270. The molecule has 6 aromatic carbocycles. The molecule has 0 N–H and O–H groups in total. The summed E-state index contributed by atoms with van der Waals surface area (Å²) in [5.41, 5.74) is 12.5. The third-order valence-corrected chi connectivity index (χ3v) is 7.83. The number of fused-ring (bicyclic) bond motifs is 6. The summed E-state index contributed by atoms with van der Waals surface area (Å²) in [5, 5.41) is 2.31. The van der Waals surface area contributed by atoms with Gasteiger partial charge in [-0.2, -0.15) is 0 Å². The van der Waals surface area contributed by atoms with Gasteiger partial charge in [0.2, 0.25) is 0 Å². The van der Waals surface area contributed by atoms with Crippen LogP contribution in [0.5, 0.6) is 5.75 Å². The van der Waals surface area contributed by atoms with Gasteiger partial charge in [0.1, 0.15) is 23.5 Å². The van der Waals surface area contributed by atoms with Crippen LogP contribution in [0.25, 0.3) is 66.4 Å². The summed E-state index contributed by atoms with van der Waals surface area (Å²) >= 11 is 0. The van der Waals surface area contributed by atoms with Gasteiger partial charge in [-0.15, -0.1) is 0 Å². The summed E-state index contributed by atoms with van der Waals surface area (Å²) in [6.45, 7) is 0.617. The second-order valence-electron chi connectivity index (χ2n) is 10.1. The minimum Gasteiger partial charge on any atom is -0.488 e. The van der Waals surface area contributed by atoms with E-state index in [9.17, 15) is 0 Å². The molecule has 0 amide bonds. The molecule has 2 heterocycles. The lowest BCUT2D eigenvalue weighted by molar-refractivity contribution is 0.302. The van der Waals surface area contributed by atoms with Crippen LogP contribution in [0.15, 0.2) is 138 Å². The maximum Gasteiger partial charge on any atom is 0.143 e. The van der Waals surface area contributed by atoms with Crippen LogP contribution in [-0.2, 0) is 6.61 Å². The van der Waals surface area contributed by atoms with Crippen LogP contribution < -0.4 is 4.74 Å². The quantitative estimate of drug-likeness (QED) is 0.241. The van der Waals surface area contributed by atoms with E-state index >= 15 is 0 Å². The fourth-order valence-electron chi connectivity index (χ4n) is 5.87. The zero-order valence-electron chi connectivity index (χ0n) is 21.2. The number of hydrogen-bond acceptors (Lipinski definition) is 2. The van der Waals surface area contributed by atoms with Crippen molar-refractivity contribution in [2.24, 2.45) is 0 Å². The van der Waals surface area contributed by atoms with E-state index in [1.165, 1.54) is 38.9 Å². The SMILES string of the molecule is c1ccc2c(c1)COc1cccc(-c3ccc(-c4ccc(-c5cccc6c5oc5ccccc56)cc4)cc3)c1-2. The molecular weight excluding hydrogens is 476 g/mol. The summed E-state index contributed by atoms with van der Waals surface area (Å²) in [6, 6.07) is 47.1. The first-order chi connectivity index (χ1) is 19.3. The largest absolute Gasteiger partial charge is 0.488 e. The Morgan fingerprint density at radius 1 is 0.436 bits per heavy atom. The summed E-state index contributed by atoms with van der Waals surface area (Å²) in [4.78, 5) is 0. The minimum atomic E-state index is 0.617. The van der Waals surface area contributed by atoms with Gasteiger partial charge in [0.15, 0.2) is 0 Å². The molecule has 7 aromatic rings. The van der Waals surface area contributed by atoms with Crippen molar-refractivity contribution in [3.05, 3.63) is 139 Å². The number of benzene rings is 6. The normalized spacial score (nSPS) is 12.2. The second-order valence-corrected chi connectivity index (χ2v) is 10.1. The maximum atomic E-state index is 6.26. The van der Waals surface area contributed by atoms with E-state index in [-0.39, 0.29) is 0 Å². The van der Waals surface area contributed by atoms with Crippen molar-refractivity contribution < 1.29 is 9.15 Å². The van der Waals surface area contributed by atoms with Gasteiger partial charge in [0.05, 0.1) is 0 Å². The van der Waals surface area contributed by atoms with Crippen LogP contribution in [0, 0.1) is 0 Å². The molecule has 184 valence electrons. The molecule has 8 rings (SSSR count). The molecule has 1 aliphatic rings. The highest BCUT2D eigenvalue weighted by Crippen LogP contribution is 2.44. The molecule has 0 aliphatic carbocycles. The van der Waals surface area contributed by atoms with Crippen molar-refractivity contribution in [3.8, 4) is 50.3 Å². The lowest BCUT2D eigenvalue weighted by atomic mass is 9.89. The van der Waals surface area contributed by atoms with E-state index in [0.29, 0.717) is 6.61 Å². The van der Waals surface area contributed by atoms with Crippen LogP contribution in [0.1, 0.15) is 5.56 Å². The molecule has 39 heavy (non-hydrogen) atoms. The predicted octanol–water partition coefficient (Wildman–Crippen LogP) is 10.1. The standard InChI is InChI=1S/C37H24O2/c1-2-8-30-28(7-1)23-38-35-14-6-10-29(36(30)35)26-19-15-24(16-20-26)25-17-21-27(22-18-25)31-11-5-12-33-32-9-3-4-13-34(32)39-37(31)33/h1-22H,23H2. The molecule has 0 radical (unpaired) electrons. The molecule has 2 nitrogen and oxygen atoms in total. The van der Waals surface area contributed by atoms with E-state index < -0.39 is 0 Å². The topological polar surface area (TPSA) is 22.4 Å². The van der Waals surface area contributed by atoms with Gasteiger partial charge in [0.25, 0.3) is 0 Å². The van der Waals surface area contributed by atoms with Crippen molar-refractivity contribution in [2.45, 2.75) is 6.61 Å². The van der Waals surface area contributed by atoms with Crippen LogP contribution in [-0.4, -0.2) is 0 Å². The Morgan fingerprint density at radius 3 is 1.85 bits per heavy atom. The van der Waals surface area contributed by atoms with E-state index in [4.69, 9.17) is 9.15 Å². The first-order valence-corrected chi connectivity index (χ1v) is 13.3. The number of para-hydroxylation sites is 2. The van der Waals surface area contributed by atoms with Crippen LogP contribution in [0.2, 0.25) is 0 Å². The van der Waals surface area contributed by atoms with Gasteiger partial charge in [-0.05, 0) is 51.1 Å². The predicted molar refractivity (Wildman–Crippen MR) is 160 cm³/mol. The number of hydrogen-bond donors (Lipinski definition) is 0. The summed E-state index contributed by atoms with van der Waals surface area (Å²) in [5.74, 6) is 0.949. The summed E-state index contributed by atoms with van der Waals surface area (Å²) in [6.07, 6.45) is 0. The maximum absolute atomic E-state index is 6.26. The molecule has 2 heteroatoms. The van der Waals surface area contributed by atoms with E-state index in [0.717, 1.165) is 38.8 Å². The number of ether oxygens (including phenoxy) is 1. The highest BCUT2D eigenvalue weighted by molar-refractivity contribution is 6.09. The van der Waals surface area contributed by atoms with Crippen molar-refractivity contribution in [2.75, 3.05) is 0 Å². The number of furan rings is 1. The first kappa shape index (κ1) is 22.0.